The lowest BCUT2D eigenvalue weighted by atomic mass is 9.96. The number of primary amides is 1. The Balaban J connectivity index is 2.71. The van der Waals surface area contributed by atoms with Gasteiger partial charge in [0.2, 0.25) is 11.8 Å². The SMILES string of the molecule is C=CCC(NC(=O)O)c1cc(C(N)=O)cc(-c2c(NC(=O)C(C)C=C)cnn2C(F)F)c1. The number of anilines is 1. The van der Waals surface area contributed by atoms with Crippen molar-refractivity contribution in [2.75, 3.05) is 5.32 Å². The van der Waals surface area contributed by atoms with Crippen molar-refractivity contribution in [3.8, 4) is 11.3 Å². The van der Waals surface area contributed by atoms with Gasteiger partial charge in [-0.3, -0.25) is 9.59 Å². The fourth-order valence-corrected chi connectivity index (χ4v) is 2.97. The summed E-state index contributed by atoms with van der Waals surface area (Å²) in [6.45, 7) is 5.61. The molecule has 1 heterocycles. The van der Waals surface area contributed by atoms with E-state index in [0.717, 1.165) is 6.20 Å². The van der Waals surface area contributed by atoms with Gasteiger partial charge in [-0.25, -0.2) is 9.48 Å². The number of aromatic nitrogens is 2. The Kier molecular flexibility index (Phi) is 7.83. The third-order valence-electron chi connectivity index (χ3n) is 4.62. The minimum absolute atomic E-state index is 0.0250. The first-order valence-corrected chi connectivity index (χ1v) is 9.43. The van der Waals surface area contributed by atoms with Gasteiger partial charge in [-0.15, -0.1) is 13.2 Å². The van der Waals surface area contributed by atoms with Gasteiger partial charge in [-0.05, 0) is 30.2 Å². The summed E-state index contributed by atoms with van der Waals surface area (Å²) < 4.78 is 27.7. The molecule has 0 aliphatic carbocycles. The Morgan fingerprint density at radius 2 is 1.97 bits per heavy atom. The molecule has 5 N–H and O–H groups in total. The highest BCUT2D eigenvalue weighted by molar-refractivity contribution is 5.98. The van der Waals surface area contributed by atoms with E-state index < -0.39 is 36.4 Å². The highest BCUT2D eigenvalue weighted by Gasteiger charge is 2.24. The minimum Gasteiger partial charge on any atom is -0.465 e. The number of hydrogen-bond donors (Lipinski definition) is 4. The zero-order chi connectivity index (χ0) is 24.0. The molecule has 2 rings (SSSR count). The van der Waals surface area contributed by atoms with Crippen molar-refractivity contribution in [3.63, 3.8) is 0 Å². The van der Waals surface area contributed by atoms with Crippen molar-refractivity contribution in [2.45, 2.75) is 25.9 Å². The summed E-state index contributed by atoms with van der Waals surface area (Å²) in [6, 6.07) is 3.21. The number of nitrogens with one attached hydrogen (secondary N) is 2. The van der Waals surface area contributed by atoms with Gasteiger partial charge in [0, 0.05) is 11.1 Å². The highest BCUT2D eigenvalue weighted by atomic mass is 19.3. The van der Waals surface area contributed by atoms with E-state index in [1.165, 1.54) is 30.4 Å². The van der Waals surface area contributed by atoms with E-state index in [1.54, 1.807) is 6.92 Å². The molecule has 0 aliphatic heterocycles. The molecule has 0 bridgehead atoms. The smallest absolute Gasteiger partial charge is 0.405 e. The van der Waals surface area contributed by atoms with Crippen LogP contribution in [0.15, 0.2) is 49.7 Å². The van der Waals surface area contributed by atoms with Gasteiger partial charge < -0.3 is 21.5 Å². The molecule has 0 fully saturated rings. The lowest BCUT2D eigenvalue weighted by molar-refractivity contribution is -0.118. The molecule has 0 saturated carbocycles. The lowest BCUT2D eigenvalue weighted by Gasteiger charge is -2.19. The van der Waals surface area contributed by atoms with Crippen LogP contribution in [0.25, 0.3) is 11.3 Å². The monoisotopic (exact) mass is 447 g/mol. The van der Waals surface area contributed by atoms with Gasteiger partial charge in [0.15, 0.2) is 0 Å². The second kappa shape index (κ2) is 10.3. The number of benzene rings is 1. The average molecular weight is 447 g/mol. The fourth-order valence-electron chi connectivity index (χ4n) is 2.97. The van der Waals surface area contributed by atoms with Crippen LogP contribution in [0.1, 0.15) is 41.9 Å². The van der Waals surface area contributed by atoms with E-state index in [2.05, 4.69) is 28.9 Å². The van der Waals surface area contributed by atoms with Gasteiger partial charge in [-0.1, -0.05) is 19.1 Å². The van der Waals surface area contributed by atoms with Crippen LogP contribution in [0.4, 0.5) is 19.3 Å². The number of hydrogen-bond acceptors (Lipinski definition) is 4. The maximum Gasteiger partial charge on any atom is 0.405 e. The molecular weight excluding hydrogens is 424 g/mol. The quantitative estimate of drug-likeness (QED) is 0.411. The maximum absolute atomic E-state index is 13.7. The average Bonchev–Trinajstić information content (AvgIpc) is 3.15. The lowest BCUT2D eigenvalue weighted by Crippen LogP contribution is -2.27. The first kappa shape index (κ1) is 24.3. The summed E-state index contributed by atoms with van der Waals surface area (Å²) in [5, 5.41) is 17.6. The molecule has 1 aromatic heterocycles. The van der Waals surface area contributed by atoms with Crippen LogP contribution < -0.4 is 16.4 Å². The van der Waals surface area contributed by atoms with Crippen LogP contribution in [0.3, 0.4) is 0 Å². The second-order valence-electron chi connectivity index (χ2n) is 6.88. The molecule has 32 heavy (non-hydrogen) atoms. The predicted molar refractivity (Wildman–Crippen MR) is 114 cm³/mol. The number of alkyl halides is 2. The first-order valence-electron chi connectivity index (χ1n) is 9.43. The maximum atomic E-state index is 13.7. The number of amides is 3. The molecular formula is C21H23F2N5O4. The van der Waals surface area contributed by atoms with Gasteiger partial charge in [0.25, 0.3) is 0 Å². The van der Waals surface area contributed by atoms with Crippen LogP contribution in [-0.4, -0.2) is 32.8 Å². The summed E-state index contributed by atoms with van der Waals surface area (Å²) in [5.74, 6) is -1.96. The summed E-state index contributed by atoms with van der Waals surface area (Å²) in [4.78, 5) is 35.4. The number of carbonyl (C=O) groups excluding carboxylic acids is 2. The standard InChI is InChI=1S/C21H23F2N5O4/c1-4-6-15(27-21(31)32)12-7-13(9-14(8-12)18(24)29)17-16(10-25-28(17)20(22)23)26-19(30)11(3)5-2/h4-5,7-11,15,20,27H,1-2,6H2,3H3,(H2,24,29)(H,26,30)(H,31,32). The number of carbonyl (C=O) groups is 3. The van der Waals surface area contributed by atoms with E-state index >= 15 is 0 Å². The molecule has 0 spiro atoms. The van der Waals surface area contributed by atoms with Crippen LogP contribution in [0.5, 0.6) is 0 Å². The van der Waals surface area contributed by atoms with Crippen LogP contribution in [0, 0.1) is 5.92 Å². The summed E-state index contributed by atoms with van der Waals surface area (Å²) >= 11 is 0. The Bertz CT molecular complexity index is 1050. The van der Waals surface area contributed by atoms with E-state index in [4.69, 9.17) is 10.8 Å². The summed E-state index contributed by atoms with van der Waals surface area (Å²) in [7, 11) is 0. The van der Waals surface area contributed by atoms with Crippen molar-refractivity contribution < 1.29 is 28.3 Å². The molecule has 0 saturated heterocycles. The van der Waals surface area contributed by atoms with Crippen LogP contribution in [0.2, 0.25) is 0 Å². The van der Waals surface area contributed by atoms with E-state index in [0.29, 0.717) is 4.68 Å². The molecule has 0 aliphatic rings. The molecule has 11 heteroatoms. The van der Waals surface area contributed by atoms with Crippen molar-refractivity contribution in [2.24, 2.45) is 11.7 Å². The molecule has 2 aromatic rings. The highest BCUT2D eigenvalue weighted by Crippen LogP contribution is 2.34. The van der Waals surface area contributed by atoms with Crippen molar-refractivity contribution in [1.82, 2.24) is 15.1 Å². The Labute approximate surface area is 182 Å². The topological polar surface area (TPSA) is 139 Å². The Morgan fingerprint density at radius 1 is 1.28 bits per heavy atom. The molecule has 3 amide bonds. The molecule has 9 nitrogen and oxygen atoms in total. The molecule has 0 radical (unpaired) electrons. The zero-order valence-electron chi connectivity index (χ0n) is 17.2. The Morgan fingerprint density at radius 3 is 2.50 bits per heavy atom. The molecule has 2 unspecified atom stereocenters. The third-order valence-corrected chi connectivity index (χ3v) is 4.62. The van der Waals surface area contributed by atoms with Crippen molar-refractivity contribution in [3.05, 3.63) is 60.8 Å². The Hall–Kier alpha value is -4.02. The van der Waals surface area contributed by atoms with Crippen molar-refractivity contribution in [1.29, 1.82) is 0 Å². The number of nitrogens with zero attached hydrogens (tertiary/aromatic N) is 2. The second-order valence-corrected chi connectivity index (χ2v) is 6.88. The van der Waals surface area contributed by atoms with Gasteiger partial charge >= 0.3 is 12.6 Å². The predicted octanol–water partition coefficient (Wildman–Crippen LogP) is 3.69. The summed E-state index contributed by atoms with van der Waals surface area (Å²) in [5.41, 5.74) is 5.53. The van der Waals surface area contributed by atoms with E-state index in [9.17, 15) is 23.2 Å². The first-order chi connectivity index (χ1) is 15.1. The molecule has 170 valence electrons. The molecule has 1 aromatic carbocycles. The van der Waals surface area contributed by atoms with Gasteiger partial charge in [0.1, 0.15) is 0 Å². The summed E-state index contributed by atoms with van der Waals surface area (Å²) in [6.07, 6.45) is 2.73. The van der Waals surface area contributed by atoms with E-state index in [1.807, 2.05) is 0 Å². The van der Waals surface area contributed by atoms with E-state index in [-0.39, 0.29) is 34.5 Å². The number of halogens is 2. The minimum atomic E-state index is -3.06. The number of carboxylic acid groups (broad SMARTS) is 1. The number of nitrogens with two attached hydrogens (primary N) is 1. The van der Waals surface area contributed by atoms with Gasteiger partial charge in [-0.2, -0.15) is 13.9 Å². The third kappa shape index (κ3) is 5.56. The van der Waals surface area contributed by atoms with Crippen LogP contribution >= 0.6 is 0 Å². The fraction of sp³-hybridized carbons (Fsp3) is 0.238. The zero-order valence-corrected chi connectivity index (χ0v) is 17.2. The van der Waals surface area contributed by atoms with Gasteiger partial charge in [0.05, 0.1) is 29.5 Å². The van der Waals surface area contributed by atoms with Crippen LogP contribution in [-0.2, 0) is 4.79 Å². The van der Waals surface area contributed by atoms with Crippen molar-refractivity contribution >= 4 is 23.6 Å². The normalized spacial score (nSPS) is 12.6. The molecule has 2 atom stereocenters. The number of rotatable bonds is 10. The largest absolute Gasteiger partial charge is 0.465 e.